The topological polar surface area (TPSA) is 26.0 Å². The summed E-state index contributed by atoms with van der Waals surface area (Å²) < 4.78 is 4.49. The quantitative estimate of drug-likeness (QED) is 0.642. The first-order chi connectivity index (χ1) is 3.39. The standard InChI is InChI=1S/C5H8IN.ClH/c7-5-2-1-3-6-4-5;/h1,3-5H,2,7H2;1H. The van der Waals surface area contributed by atoms with Crippen molar-refractivity contribution in [2.75, 3.05) is 0 Å². The summed E-state index contributed by atoms with van der Waals surface area (Å²) in [5.74, 6) is 0. The molecule has 2 N–H and O–H groups in total. The second kappa shape index (κ2) is 4.47. The fraction of sp³-hybridized carbons (Fsp3) is 0.400. The van der Waals surface area contributed by atoms with Gasteiger partial charge in [-0.1, -0.05) is 26.8 Å². The van der Waals surface area contributed by atoms with Crippen molar-refractivity contribution in [2.24, 2.45) is 5.73 Å². The summed E-state index contributed by atoms with van der Waals surface area (Å²) in [5.41, 5.74) is 5.56. The third kappa shape index (κ3) is 2.79. The highest BCUT2D eigenvalue weighted by atomic mass is 127. The molecule has 1 heterocycles. The van der Waals surface area contributed by atoms with Gasteiger partial charge in [-0.3, -0.25) is 0 Å². The Balaban J connectivity index is 0.000000490. The van der Waals surface area contributed by atoms with Crippen LogP contribution >= 0.6 is 33.1 Å². The maximum absolute atomic E-state index is 5.56. The third-order valence-electron chi connectivity index (χ3n) is 0.805. The molecule has 48 valence electrons. The van der Waals surface area contributed by atoms with Gasteiger partial charge in [0.1, 0.15) is 0 Å². The van der Waals surface area contributed by atoms with Crippen molar-refractivity contribution in [1.82, 2.24) is 0 Å². The van der Waals surface area contributed by atoms with E-state index in [2.05, 4.69) is 14.2 Å². The van der Waals surface area contributed by atoms with Crippen LogP contribution in [0, 0.1) is 0 Å². The van der Waals surface area contributed by atoms with Crippen molar-refractivity contribution >= 4 is 37.1 Å². The van der Waals surface area contributed by atoms with Crippen molar-refractivity contribution in [3.63, 3.8) is 0 Å². The van der Waals surface area contributed by atoms with Gasteiger partial charge in [-0.2, -0.15) is 0 Å². The summed E-state index contributed by atoms with van der Waals surface area (Å²) in [6, 6.07) is 0.373. The molecule has 1 nitrogen and oxygen atoms in total. The monoisotopic (exact) mass is 245 g/mol. The fourth-order valence-corrected chi connectivity index (χ4v) is 2.10. The van der Waals surface area contributed by atoms with E-state index in [1.807, 2.05) is 0 Å². The van der Waals surface area contributed by atoms with E-state index in [1.165, 1.54) is 0 Å². The molecule has 0 aromatic heterocycles. The summed E-state index contributed by atoms with van der Waals surface area (Å²) >= 11 is 0.244. The molecule has 0 saturated carbocycles. The predicted molar refractivity (Wildman–Crippen MR) is 49.1 cm³/mol. The van der Waals surface area contributed by atoms with Gasteiger partial charge in [0.25, 0.3) is 0 Å². The predicted octanol–water partition coefficient (Wildman–Crippen LogP) is 1.43. The number of hydrogen-bond acceptors (Lipinski definition) is 1. The van der Waals surface area contributed by atoms with E-state index in [-0.39, 0.29) is 33.1 Å². The van der Waals surface area contributed by atoms with E-state index in [4.69, 9.17) is 5.73 Å². The van der Waals surface area contributed by atoms with Gasteiger partial charge in [-0.25, -0.2) is 0 Å². The maximum Gasteiger partial charge on any atom is 0.0315 e. The van der Waals surface area contributed by atoms with E-state index in [0.29, 0.717) is 6.04 Å². The first kappa shape index (κ1) is 8.59. The van der Waals surface area contributed by atoms with Gasteiger partial charge in [0.15, 0.2) is 0 Å². The molecule has 1 rings (SSSR count). The van der Waals surface area contributed by atoms with Crippen molar-refractivity contribution in [3.8, 4) is 0 Å². The zero-order chi connectivity index (χ0) is 5.11. The Kier molecular flexibility index (Phi) is 4.80. The van der Waals surface area contributed by atoms with Crippen LogP contribution < -0.4 is 5.73 Å². The molecular formula is C5H9ClIN. The largest absolute Gasteiger partial charge is 0.324 e. The number of hydrogen-bond donors (Lipinski definition) is 1. The van der Waals surface area contributed by atoms with Crippen molar-refractivity contribution in [3.05, 3.63) is 10.2 Å². The van der Waals surface area contributed by atoms with Crippen molar-refractivity contribution < 1.29 is 0 Å². The van der Waals surface area contributed by atoms with E-state index in [0.717, 1.165) is 6.42 Å². The molecule has 1 aliphatic rings. The number of nitrogens with two attached hydrogens (primary N) is 1. The molecule has 1 aliphatic heterocycles. The summed E-state index contributed by atoms with van der Waals surface area (Å²) in [7, 11) is 0. The molecular weight excluding hydrogens is 236 g/mol. The highest BCUT2D eigenvalue weighted by molar-refractivity contribution is 14.2. The molecule has 0 amide bonds. The lowest BCUT2D eigenvalue weighted by Crippen LogP contribution is -2.19. The molecule has 0 bridgehead atoms. The minimum atomic E-state index is 0. The van der Waals surface area contributed by atoms with Crippen molar-refractivity contribution in [1.29, 1.82) is 0 Å². The first-order valence-electron chi connectivity index (χ1n) is 2.25. The number of halogens is 2. The average molecular weight is 245 g/mol. The van der Waals surface area contributed by atoms with Crippen LogP contribution in [0.15, 0.2) is 10.2 Å². The highest BCUT2D eigenvalue weighted by Gasteiger charge is 1.94. The molecule has 0 aromatic carbocycles. The van der Waals surface area contributed by atoms with Crippen LogP contribution in [0.3, 0.4) is 0 Å². The average Bonchev–Trinajstić information content (AvgIpc) is 1.69. The van der Waals surface area contributed by atoms with Gasteiger partial charge in [0.05, 0.1) is 0 Å². The van der Waals surface area contributed by atoms with Crippen LogP contribution in [-0.4, -0.2) is 10.1 Å². The lowest BCUT2D eigenvalue weighted by Gasteiger charge is -2.02. The molecule has 3 heteroatoms. The molecule has 0 radical (unpaired) electrons. The minimum absolute atomic E-state index is 0. The van der Waals surface area contributed by atoms with Gasteiger partial charge < -0.3 is 5.73 Å². The second-order valence-corrected chi connectivity index (χ2v) is 3.67. The lowest BCUT2D eigenvalue weighted by atomic mass is 10.3. The normalized spacial score (nSPS) is 25.9. The van der Waals surface area contributed by atoms with Crippen LogP contribution in [0.5, 0.6) is 0 Å². The lowest BCUT2D eigenvalue weighted by molar-refractivity contribution is 0.904. The van der Waals surface area contributed by atoms with Crippen LogP contribution in [0.2, 0.25) is 0 Å². The Morgan fingerprint density at radius 3 is 2.62 bits per heavy atom. The minimum Gasteiger partial charge on any atom is -0.324 e. The van der Waals surface area contributed by atoms with Crippen LogP contribution in [-0.2, 0) is 0 Å². The van der Waals surface area contributed by atoms with E-state index in [9.17, 15) is 0 Å². The van der Waals surface area contributed by atoms with Gasteiger partial charge in [0, 0.05) is 6.04 Å². The van der Waals surface area contributed by atoms with Crippen LogP contribution in [0.4, 0.5) is 0 Å². The van der Waals surface area contributed by atoms with Crippen molar-refractivity contribution in [2.45, 2.75) is 12.5 Å². The molecule has 0 spiro atoms. The Morgan fingerprint density at radius 1 is 1.62 bits per heavy atom. The Bertz CT molecular complexity index is 111. The Labute approximate surface area is 65.5 Å². The SMILES string of the molecule is Cl.NC1C=IC=CC1. The highest BCUT2D eigenvalue weighted by Crippen LogP contribution is 2.06. The van der Waals surface area contributed by atoms with Crippen LogP contribution in [0.25, 0.3) is 0 Å². The molecule has 0 aliphatic carbocycles. The number of rotatable bonds is 0. The van der Waals surface area contributed by atoms with E-state index < -0.39 is 0 Å². The van der Waals surface area contributed by atoms with Gasteiger partial charge in [-0.15, -0.1) is 12.4 Å². The Morgan fingerprint density at radius 2 is 2.38 bits per heavy atom. The summed E-state index contributed by atoms with van der Waals surface area (Å²) in [6.07, 6.45) is 3.23. The first-order valence-corrected chi connectivity index (χ1v) is 4.74. The van der Waals surface area contributed by atoms with E-state index >= 15 is 0 Å². The summed E-state index contributed by atoms with van der Waals surface area (Å²) in [4.78, 5) is 0. The molecule has 0 saturated heterocycles. The van der Waals surface area contributed by atoms with E-state index in [1.54, 1.807) is 0 Å². The van der Waals surface area contributed by atoms with Gasteiger partial charge in [-0.05, 0) is 14.5 Å². The Hall–Kier alpha value is 0.590. The summed E-state index contributed by atoms with van der Waals surface area (Å²) in [6.45, 7) is 0. The van der Waals surface area contributed by atoms with Crippen LogP contribution in [0.1, 0.15) is 6.42 Å². The molecule has 0 aromatic rings. The maximum atomic E-state index is 5.56. The second-order valence-electron chi connectivity index (χ2n) is 1.51. The molecule has 8 heavy (non-hydrogen) atoms. The summed E-state index contributed by atoms with van der Waals surface area (Å²) in [5, 5.41) is 0. The smallest absolute Gasteiger partial charge is 0.0315 e. The zero-order valence-electron chi connectivity index (χ0n) is 4.38. The molecule has 0 fully saturated rings. The van der Waals surface area contributed by atoms with Gasteiger partial charge in [0.2, 0.25) is 0 Å². The third-order valence-corrected chi connectivity index (χ3v) is 3.07. The molecule has 1 unspecified atom stereocenters. The fourth-order valence-electron chi connectivity index (χ4n) is 0.447. The zero-order valence-corrected chi connectivity index (χ0v) is 7.35. The van der Waals surface area contributed by atoms with Gasteiger partial charge >= 0.3 is 0 Å². The molecule has 1 atom stereocenters.